The first-order chi connectivity index (χ1) is 7.33. The van der Waals surface area contributed by atoms with Crippen LogP contribution in [-0.2, 0) is 9.84 Å². The minimum Gasteiger partial charge on any atom is -0.316 e. The second-order valence-corrected chi connectivity index (χ2v) is 8.15. The van der Waals surface area contributed by atoms with Crippen LogP contribution in [0.1, 0.15) is 40.0 Å². The molecule has 0 aromatic carbocycles. The third-order valence-electron chi connectivity index (χ3n) is 3.00. The number of sulfone groups is 1. The standard InChI is InChI=1S/C12H23NO2S/c1-12(2,3)16(14,15)10-7-11-5-4-8-13-9-6-11/h7,13H,4-6,8-10H2,1-3H3/b11-7-. The lowest BCUT2D eigenvalue weighted by Gasteiger charge is -2.18. The number of hydrogen-bond donors (Lipinski definition) is 1. The monoisotopic (exact) mass is 245 g/mol. The molecule has 0 aromatic heterocycles. The van der Waals surface area contributed by atoms with Crippen LogP contribution in [0.25, 0.3) is 0 Å². The predicted octanol–water partition coefficient (Wildman–Crippen LogP) is 1.90. The first-order valence-electron chi connectivity index (χ1n) is 5.94. The number of hydrogen-bond acceptors (Lipinski definition) is 3. The Kier molecular flexibility index (Phi) is 4.56. The van der Waals surface area contributed by atoms with Crippen LogP contribution in [0.4, 0.5) is 0 Å². The molecule has 0 radical (unpaired) electrons. The molecule has 1 heterocycles. The van der Waals surface area contributed by atoms with Gasteiger partial charge in [-0.2, -0.15) is 0 Å². The van der Waals surface area contributed by atoms with Gasteiger partial charge >= 0.3 is 0 Å². The Morgan fingerprint density at radius 3 is 2.56 bits per heavy atom. The molecule has 0 unspecified atom stereocenters. The minimum absolute atomic E-state index is 0.186. The summed E-state index contributed by atoms with van der Waals surface area (Å²) in [4.78, 5) is 0. The molecule has 0 aliphatic carbocycles. The van der Waals surface area contributed by atoms with Gasteiger partial charge in [-0.1, -0.05) is 11.6 Å². The molecule has 0 saturated carbocycles. The van der Waals surface area contributed by atoms with Gasteiger partial charge < -0.3 is 5.32 Å². The summed E-state index contributed by atoms with van der Waals surface area (Å²) in [5.41, 5.74) is 1.29. The Morgan fingerprint density at radius 1 is 1.25 bits per heavy atom. The maximum atomic E-state index is 11.9. The van der Waals surface area contributed by atoms with Gasteiger partial charge in [0.2, 0.25) is 0 Å². The zero-order chi connectivity index (χ0) is 12.2. The molecule has 0 spiro atoms. The lowest BCUT2D eigenvalue weighted by Crippen LogP contribution is -2.29. The molecular formula is C12H23NO2S. The summed E-state index contributed by atoms with van der Waals surface area (Å²) < 4.78 is 23.2. The fourth-order valence-corrected chi connectivity index (χ4v) is 2.58. The van der Waals surface area contributed by atoms with Crippen LogP contribution < -0.4 is 5.32 Å². The van der Waals surface area contributed by atoms with Crippen molar-refractivity contribution in [3.8, 4) is 0 Å². The lowest BCUT2D eigenvalue weighted by molar-refractivity contribution is 0.563. The lowest BCUT2D eigenvalue weighted by atomic mass is 10.1. The molecule has 1 fully saturated rings. The van der Waals surface area contributed by atoms with Crippen LogP contribution in [0, 0.1) is 0 Å². The summed E-state index contributed by atoms with van der Waals surface area (Å²) in [5, 5.41) is 3.31. The van der Waals surface area contributed by atoms with Crippen LogP contribution in [0.15, 0.2) is 11.6 Å². The summed E-state index contributed by atoms with van der Waals surface area (Å²) in [5.74, 6) is 0.186. The Labute approximate surface area is 99.2 Å². The van der Waals surface area contributed by atoms with Crippen LogP contribution in [0.3, 0.4) is 0 Å². The van der Waals surface area contributed by atoms with Crippen molar-refractivity contribution in [2.75, 3.05) is 18.8 Å². The van der Waals surface area contributed by atoms with E-state index in [1.165, 1.54) is 5.57 Å². The van der Waals surface area contributed by atoms with Crippen LogP contribution in [-0.4, -0.2) is 32.0 Å². The topological polar surface area (TPSA) is 46.2 Å². The zero-order valence-electron chi connectivity index (χ0n) is 10.5. The van der Waals surface area contributed by atoms with Crippen LogP contribution in [0.2, 0.25) is 0 Å². The number of nitrogens with one attached hydrogen (secondary N) is 1. The Hall–Kier alpha value is -0.350. The second-order valence-electron chi connectivity index (χ2n) is 5.36. The van der Waals surface area contributed by atoms with E-state index in [4.69, 9.17) is 0 Å². The van der Waals surface area contributed by atoms with Crippen molar-refractivity contribution in [2.24, 2.45) is 0 Å². The first-order valence-corrected chi connectivity index (χ1v) is 7.59. The maximum Gasteiger partial charge on any atom is 0.158 e. The third kappa shape index (κ3) is 3.91. The molecule has 1 aliphatic heterocycles. The molecule has 1 rings (SSSR count). The molecule has 3 nitrogen and oxygen atoms in total. The molecule has 0 amide bonds. The summed E-state index contributed by atoms with van der Waals surface area (Å²) in [6, 6.07) is 0. The highest BCUT2D eigenvalue weighted by Crippen LogP contribution is 2.18. The fourth-order valence-electron chi connectivity index (χ4n) is 1.62. The fraction of sp³-hybridized carbons (Fsp3) is 0.833. The van der Waals surface area contributed by atoms with Crippen molar-refractivity contribution >= 4 is 9.84 Å². The van der Waals surface area contributed by atoms with E-state index in [0.29, 0.717) is 0 Å². The van der Waals surface area contributed by atoms with E-state index in [1.54, 1.807) is 20.8 Å². The molecule has 1 N–H and O–H groups in total. The SMILES string of the molecule is CC(C)(C)S(=O)(=O)C/C=C1/CCCNCC1. The summed E-state index contributed by atoms with van der Waals surface area (Å²) in [6.07, 6.45) is 5.06. The smallest absolute Gasteiger partial charge is 0.158 e. The van der Waals surface area contributed by atoms with Crippen molar-refractivity contribution in [1.82, 2.24) is 5.32 Å². The quantitative estimate of drug-likeness (QED) is 0.756. The summed E-state index contributed by atoms with van der Waals surface area (Å²) in [6.45, 7) is 7.30. The Morgan fingerprint density at radius 2 is 1.94 bits per heavy atom. The average Bonchev–Trinajstić information content (AvgIpc) is 2.41. The average molecular weight is 245 g/mol. The molecule has 0 bridgehead atoms. The summed E-state index contributed by atoms with van der Waals surface area (Å²) in [7, 11) is -3.01. The normalized spacial score (nSPS) is 22.1. The highest BCUT2D eigenvalue weighted by atomic mass is 32.2. The van der Waals surface area contributed by atoms with Crippen molar-refractivity contribution < 1.29 is 8.42 Å². The van der Waals surface area contributed by atoms with E-state index in [0.717, 1.165) is 32.4 Å². The molecule has 4 heteroatoms. The van der Waals surface area contributed by atoms with Gasteiger partial charge in [0.15, 0.2) is 9.84 Å². The van der Waals surface area contributed by atoms with E-state index < -0.39 is 14.6 Å². The van der Waals surface area contributed by atoms with Gasteiger partial charge in [-0.25, -0.2) is 8.42 Å². The molecule has 1 saturated heterocycles. The minimum atomic E-state index is -3.01. The molecule has 94 valence electrons. The highest BCUT2D eigenvalue weighted by molar-refractivity contribution is 7.92. The van der Waals surface area contributed by atoms with E-state index >= 15 is 0 Å². The Balaban J connectivity index is 2.64. The van der Waals surface area contributed by atoms with Gasteiger partial charge in [0.05, 0.1) is 10.5 Å². The van der Waals surface area contributed by atoms with Gasteiger partial charge in [-0.05, 0) is 53.1 Å². The highest BCUT2D eigenvalue weighted by Gasteiger charge is 2.27. The van der Waals surface area contributed by atoms with Crippen molar-refractivity contribution in [2.45, 2.75) is 44.8 Å². The third-order valence-corrected chi connectivity index (χ3v) is 5.47. The maximum absolute atomic E-state index is 11.9. The second kappa shape index (κ2) is 5.32. The molecule has 0 aromatic rings. The van der Waals surface area contributed by atoms with Gasteiger partial charge in [0, 0.05) is 0 Å². The van der Waals surface area contributed by atoms with Crippen LogP contribution in [0.5, 0.6) is 0 Å². The van der Waals surface area contributed by atoms with Gasteiger partial charge in [0.1, 0.15) is 0 Å². The number of rotatable bonds is 2. The largest absolute Gasteiger partial charge is 0.316 e. The van der Waals surface area contributed by atoms with Gasteiger partial charge in [-0.3, -0.25) is 0 Å². The van der Waals surface area contributed by atoms with E-state index in [9.17, 15) is 8.42 Å². The Bertz CT molecular complexity index is 340. The predicted molar refractivity (Wildman–Crippen MR) is 68.3 cm³/mol. The van der Waals surface area contributed by atoms with Crippen LogP contribution >= 0.6 is 0 Å². The van der Waals surface area contributed by atoms with Crippen molar-refractivity contribution in [3.63, 3.8) is 0 Å². The summed E-state index contributed by atoms with van der Waals surface area (Å²) >= 11 is 0. The van der Waals surface area contributed by atoms with Gasteiger partial charge in [0.25, 0.3) is 0 Å². The van der Waals surface area contributed by atoms with Gasteiger partial charge in [-0.15, -0.1) is 0 Å². The molecular weight excluding hydrogens is 222 g/mol. The first kappa shape index (κ1) is 13.7. The molecule has 16 heavy (non-hydrogen) atoms. The molecule has 1 aliphatic rings. The van der Waals surface area contributed by atoms with E-state index in [-0.39, 0.29) is 5.75 Å². The molecule has 0 atom stereocenters. The van der Waals surface area contributed by atoms with E-state index in [2.05, 4.69) is 5.32 Å². The van der Waals surface area contributed by atoms with Crippen molar-refractivity contribution in [3.05, 3.63) is 11.6 Å². The van der Waals surface area contributed by atoms with Crippen molar-refractivity contribution in [1.29, 1.82) is 0 Å². The zero-order valence-corrected chi connectivity index (χ0v) is 11.4. The van der Waals surface area contributed by atoms with E-state index in [1.807, 2.05) is 6.08 Å².